The molecule has 1 aromatic heterocycles. The van der Waals surface area contributed by atoms with Crippen molar-refractivity contribution in [2.45, 2.75) is 83.5 Å². The second kappa shape index (κ2) is 9.88. The Hall–Kier alpha value is -2.34. The number of hydrogen-bond acceptors (Lipinski definition) is 4. The highest BCUT2D eigenvalue weighted by Crippen LogP contribution is 2.52. The number of aromatic nitrogens is 1. The summed E-state index contributed by atoms with van der Waals surface area (Å²) >= 11 is 6.25. The molecule has 2 fully saturated rings. The minimum Gasteiger partial charge on any atom is -0.481 e. The summed E-state index contributed by atoms with van der Waals surface area (Å²) in [6.07, 6.45) is 5.40. The van der Waals surface area contributed by atoms with Gasteiger partial charge in [0.25, 0.3) is 0 Å². The molecule has 6 nitrogen and oxygen atoms in total. The second-order valence-corrected chi connectivity index (χ2v) is 10.7. The lowest BCUT2D eigenvalue weighted by atomic mass is 9.69. The van der Waals surface area contributed by atoms with Gasteiger partial charge in [-0.25, -0.2) is 0 Å². The summed E-state index contributed by atoms with van der Waals surface area (Å²) in [5.41, 5.74) is 3.26. The zero-order valence-electron chi connectivity index (χ0n) is 19.6. The molecule has 0 spiro atoms. The van der Waals surface area contributed by atoms with E-state index in [1.165, 1.54) is 6.42 Å². The van der Waals surface area contributed by atoms with Crippen LogP contribution in [0.2, 0.25) is 5.02 Å². The first kappa shape index (κ1) is 23.8. The van der Waals surface area contributed by atoms with Gasteiger partial charge in [0.2, 0.25) is 5.91 Å². The Labute approximate surface area is 200 Å². The first-order valence-corrected chi connectivity index (χ1v) is 12.4. The molecular formula is C26H33ClN2O4. The van der Waals surface area contributed by atoms with E-state index in [0.29, 0.717) is 34.2 Å². The fourth-order valence-corrected chi connectivity index (χ4v) is 5.41. The Morgan fingerprint density at radius 3 is 2.55 bits per heavy atom. The van der Waals surface area contributed by atoms with Crippen molar-refractivity contribution in [1.29, 1.82) is 0 Å². The third-order valence-electron chi connectivity index (χ3n) is 6.82. The molecule has 4 rings (SSSR count). The molecule has 2 aromatic rings. The third-order valence-corrected chi connectivity index (χ3v) is 7.13. The molecule has 1 heterocycles. The van der Waals surface area contributed by atoms with E-state index in [-0.39, 0.29) is 18.7 Å². The number of nitrogens with one attached hydrogen (secondary N) is 1. The first-order valence-electron chi connectivity index (χ1n) is 12.0. The first-order chi connectivity index (χ1) is 15.7. The third kappa shape index (κ3) is 5.78. The van der Waals surface area contributed by atoms with Gasteiger partial charge in [0.1, 0.15) is 5.76 Å². The van der Waals surface area contributed by atoms with Crippen molar-refractivity contribution in [2.75, 3.05) is 5.32 Å². The highest BCUT2D eigenvalue weighted by atomic mass is 35.5. The number of anilines is 1. The number of aryl methyl sites for hydroxylation is 1. The Bertz CT molecular complexity index is 1020. The van der Waals surface area contributed by atoms with Crippen LogP contribution in [0.5, 0.6) is 0 Å². The van der Waals surface area contributed by atoms with Gasteiger partial charge in [-0.3, -0.25) is 9.59 Å². The smallest absolute Gasteiger partial charge is 0.304 e. The van der Waals surface area contributed by atoms with Gasteiger partial charge in [-0.15, -0.1) is 0 Å². The van der Waals surface area contributed by atoms with Crippen molar-refractivity contribution < 1.29 is 19.2 Å². The minimum absolute atomic E-state index is 0.0167. The highest BCUT2D eigenvalue weighted by molar-refractivity contribution is 6.33. The van der Waals surface area contributed by atoms with Crippen molar-refractivity contribution in [3.8, 4) is 0 Å². The molecule has 2 saturated carbocycles. The van der Waals surface area contributed by atoms with Gasteiger partial charge >= 0.3 is 5.97 Å². The molecule has 0 unspecified atom stereocenters. The molecule has 0 saturated heterocycles. The van der Waals surface area contributed by atoms with Crippen LogP contribution in [0.3, 0.4) is 0 Å². The molecular weight excluding hydrogens is 440 g/mol. The normalized spacial score (nSPS) is 21.0. The summed E-state index contributed by atoms with van der Waals surface area (Å²) in [6.45, 7) is 6.43. The molecule has 0 radical (unpaired) electrons. The second-order valence-electron chi connectivity index (χ2n) is 10.3. The molecule has 33 heavy (non-hydrogen) atoms. The van der Waals surface area contributed by atoms with Crippen LogP contribution >= 0.6 is 11.6 Å². The van der Waals surface area contributed by atoms with E-state index >= 15 is 0 Å². The number of carbonyl (C=O) groups excluding carboxylic acids is 1. The maximum absolute atomic E-state index is 12.8. The van der Waals surface area contributed by atoms with Crippen LogP contribution in [0.15, 0.2) is 22.7 Å². The lowest BCUT2D eigenvalue weighted by Crippen LogP contribution is -2.24. The molecule has 178 valence electrons. The molecule has 2 aliphatic rings. The van der Waals surface area contributed by atoms with E-state index in [4.69, 9.17) is 16.1 Å². The molecule has 2 aliphatic carbocycles. The minimum atomic E-state index is -0.951. The fourth-order valence-electron chi connectivity index (χ4n) is 5.13. The lowest BCUT2D eigenvalue weighted by Gasteiger charge is -2.35. The van der Waals surface area contributed by atoms with E-state index in [1.54, 1.807) is 12.1 Å². The van der Waals surface area contributed by atoms with Crippen LogP contribution in [-0.2, 0) is 9.59 Å². The molecule has 0 bridgehead atoms. The number of benzene rings is 1. The van der Waals surface area contributed by atoms with Crippen molar-refractivity contribution >= 4 is 29.2 Å². The number of amides is 1. The number of carboxylic acid groups (broad SMARTS) is 1. The zero-order chi connectivity index (χ0) is 23.7. The lowest BCUT2D eigenvalue weighted by molar-refractivity contribution is -0.137. The van der Waals surface area contributed by atoms with Crippen LogP contribution < -0.4 is 5.32 Å². The Balaban J connectivity index is 1.52. The van der Waals surface area contributed by atoms with Crippen LogP contribution in [0.25, 0.3) is 0 Å². The van der Waals surface area contributed by atoms with Crippen molar-refractivity contribution in [3.05, 3.63) is 45.8 Å². The topological polar surface area (TPSA) is 92.4 Å². The molecule has 1 aromatic carbocycles. The number of carbonyl (C=O) groups is 2. The summed E-state index contributed by atoms with van der Waals surface area (Å²) in [5.74, 6) is 1.30. The number of hydrogen-bond donors (Lipinski definition) is 2. The Morgan fingerprint density at radius 2 is 1.94 bits per heavy atom. The number of halogens is 1. The quantitative estimate of drug-likeness (QED) is 0.404. The van der Waals surface area contributed by atoms with Gasteiger partial charge in [-0.1, -0.05) is 36.7 Å². The van der Waals surface area contributed by atoms with Gasteiger partial charge < -0.3 is 14.9 Å². The number of carboxylic acids is 1. The molecule has 1 amide bonds. The molecule has 2 N–H and O–H groups in total. The number of rotatable bonds is 10. The summed E-state index contributed by atoms with van der Waals surface area (Å²) in [6, 6.07) is 5.42. The van der Waals surface area contributed by atoms with Crippen LogP contribution in [0.1, 0.15) is 99.1 Å². The van der Waals surface area contributed by atoms with Gasteiger partial charge in [0.15, 0.2) is 0 Å². The Morgan fingerprint density at radius 1 is 1.21 bits per heavy atom. The van der Waals surface area contributed by atoms with E-state index in [2.05, 4.69) is 24.3 Å². The summed E-state index contributed by atoms with van der Waals surface area (Å²) < 4.78 is 5.85. The summed E-state index contributed by atoms with van der Waals surface area (Å²) in [7, 11) is 0. The van der Waals surface area contributed by atoms with E-state index in [1.807, 2.05) is 13.0 Å². The maximum atomic E-state index is 12.8. The zero-order valence-corrected chi connectivity index (χ0v) is 20.3. The summed E-state index contributed by atoms with van der Waals surface area (Å²) in [4.78, 5) is 24.5. The average Bonchev–Trinajstić information content (AvgIpc) is 3.44. The van der Waals surface area contributed by atoms with Crippen LogP contribution in [-0.4, -0.2) is 22.1 Å². The molecule has 1 atom stereocenters. The predicted molar refractivity (Wildman–Crippen MR) is 128 cm³/mol. The van der Waals surface area contributed by atoms with Gasteiger partial charge in [0.05, 0.1) is 22.8 Å². The highest BCUT2D eigenvalue weighted by Gasteiger charge is 2.42. The average molecular weight is 473 g/mol. The SMILES string of the molecule is Cc1ccc(NC(=O)C[C@@H](CC(=O)O)c2noc([C@H]3C[C@@H](CC(C)C)C3)c2C2CC2)c(Cl)c1. The van der Waals surface area contributed by atoms with Gasteiger partial charge in [-0.2, -0.15) is 0 Å². The largest absolute Gasteiger partial charge is 0.481 e. The fraction of sp³-hybridized carbons (Fsp3) is 0.577. The van der Waals surface area contributed by atoms with E-state index in [9.17, 15) is 14.7 Å². The maximum Gasteiger partial charge on any atom is 0.304 e. The van der Waals surface area contributed by atoms with Crippen molar-refractivity contribution in [1.82, 2.24) is 5.16 Å². The number of aliphatic carboxylic acids is 1. The predicted octanol–water partition coefficient (Wildman–Crippen LogP) is 6.64. The van der Waals surface area contributed by atoms with Gasteiger partial charge in [0, 0.05) is 23.8 Å². The Kier molecular flexibility index (Phi) is 7.13. The summed E-state index contributed by atoms with van der Waals surface area (Å²) in [5, 5.41) is 17.2. The van der Waals surface area contributed by atoms with Crippen LogP contribution in [0, 0.1) is 18.8 Å². The molecule has 0 aliphatic heterocycles. The van der Waals surface area contributed by atoms with E-state index < -0.39 is 11.9 Å². The molecule has 7 heteroatoms. The van der Waals surface area contributed by atoms with Crippen molar-refractivity contribution in [3.63, 3.8) is 0 Å². The monoisotopic (exact) mass is 472 g/mol. The number of nitrogens with zero attached hydrogens (tertiary/aromatic N) is 1. The standard InChI is InChI=1S/C26H33ClN2O4/c1-14(2)8-16-10-19(11-16)26-24(17-5-6-17)25(29-33-26)18(13-23(31)32)12-22(30)28-21-7-4-15(3)9-20(21)27/h4,7,9,14,16-19H,5-6,8,10-13H2,1-3H3,(H,28,30)(H,31,32)/t16-,18-,19+/m0/s1. The van der Waals surface area contributed by atoms with Gasteiger partial charge in [-0.05, 0) is 74.5 Å². The van der Waals surface area contributed by atoms with Crippen LogP contribution in [0.4, 0.5) is 5.69 Å². The van der Waals surface area contributed by atoms with E-state index in [0.717, 1.165) is 48.5 Å². The van der Waals surface area contributed by atoms with Crippen molar-refractivity contribution in [2.24, 2.45) is 11.8 Å².